The van der Waals surface area contributed by atoms with E-state index in [1.807, 2.05) is 0 Å². The zero-order chi connectivity index (χ0) is 18.5. The van der Waals surface area contributed by atoms with Crippen molar-refractivity contribution in [2.24, 2.45) is 0 Å². The van der Waals surface area contributed by atoms with E-state index in [1.54, 1.807) is 0 Å². The number of nitrogens with zero attached hydrogens (tertiary/aromatic N) is 2. The van der Waals surface area contributed by atoms with Gasteiger partial charge in [-0.3, -0.25) is 4.90 Å². The Morgan fingerprint density at radius 2 is 1.45 bits per heavy atom. The Labute approximate surface area is 188 Å². The van der Waals surface area contributed by atoms with Crippen molar-refractivity contribution in [3.8, 4) is 0 Å². The maximum absolute atomic E-state index is 6.53. The van der Waals surface area contributed by atoms with Crippen LogP contribution in [-0.4, -0.2) is 54.2 Å². The molecule has 0 aliphatic carbocycles. The van der Waals surface area contributed by atoms with Crippen LogP contribution in [0.25, 0.3) is 0 Å². The number of benzene rings is 2. The summed E-state index contributed by atoms with van der Waals surface area (Å²) in [6, 6.07) is 21.7. The van der Waals surface area contributed by atoms with Gasteiger partial charge in [0.25, 0.3) is 0 Å². The van der Waals surface area contributed by atoms with Crippen LogP contribution in [0.1, 0.15) is 30.9 Å². The van der Waals surface area contributed by atoms with Crippen LogP contribution < -0.4 is 0 Å². The lowest BCUT2D eigenvalue weighted by atomic mass is 9.88. The largest absolute Gasteiger partial charge is 0.369 e. The van der Waals surface area contributed by atoms with Gasteiger partial charge in [-0.2, -0.15) is 0 Å². The van der Waals surface area contributed by atoms with Gasteiger partial charge in [0.15, 0.2) is 0 Å². The molecule has 3 nitrogen and oxygen atoms in total. The normalized spacial score (nSPS) is 21.9. The van der Waals surface area contributed by atoms with Crippen LogP contribution >= 0.6 is 24.8 Å². The predicted molar refractivity (Wildman–Crippen MR) is 125 cm³/mol. The highest BCUT2D eigenvalue weighted by atomic mass is 35.5. The molecular weight excluding hydrogens is 403 g/mol. The fourth-order valence-electron chi connectivity index (χ4n) is 4.69. The second-order valence-electron chi connectivity index (χ2n) is 8.34. The lowest BCUT2D eigenvalue weighted by Gasteiger charge is -2.49. The molecule has 1 spiro atoms. The molecule has 5 heteroatoms. The molecule has 2 aromatic carbocycles. The van der Waals surface area contributed by atoms with Crippen molar-refractivity contribution >= 4 is 24.8 Å². The first kappa shape index (κ1) is 24.2. The Hall–Kier alpha value is -1.10. The Bertz CT molecular complexity index is 705. The fourth-order valence-corrected chi connectivity index (χ4v) is 4.69. The van der Waals surface area contributed by atoms with Gasteiger partial charge in [-0.05, 0) is 37.3 Å². The molecule has 0 N–H and O–H groups in total. The SMILES string of the molecule is CC1CN(Cc2ccccc2)CC2(CCN(CCc3ccccc3)CC2)O1.Cl.Cl. The third kappa shape index (κ3) is 6.70. The highest BCUT2D eigenvalue weighted by Gasteiger charge is 2.41. The summed E-state index contributed by atoms with van der Waals surface area (Å²) in [5.41, 5.74) is 2.90. The number of hydrogen-bond donors (Lipinski definition) is 0. The molecule has 2 aliphatic heterocycles. The summed E-state index contributed by atoms with van der Waals surface area (Å²) in [4.78, 5) is 5.21. The van der Waals surface area contributed by atoms with E-state index in [4.69, 9.17) is 4.74 Å². The van der Waals surface area contributed by atoms with E-state index in [0.29, 0.717) is 6.10 Å². The van der Waals surface area contributed by atoms with E-state index in [1.165, 1.54) is 11.1 Å². The van der Waals surface area contributed by atoms with E-state index in [9.17, 15) is 0 Å². The number of hydrogen-bond acceptors (Lipinski definition) is 3. The van der Waals surface area contributed by atoms with E-state index < -0.39 is 0 Å². The summed E-state index contributed by atoms with van der Waals surface area (Å²) in [5, 5.41) is 0. The van der Waals surface area contributed by atoms with E-state index in [0.717, 1.165) is 58.5 Å². The smallest absolute Gasteiger partial charge is 0.0837 e. The Kier molecular flexibility index (Phi) is 9.45. The molecule has 0 amide bonds. The maximum Gasteiger partial charge on any atom is 0.0837 e. The van der Waals surface area contributed by atoms with Crippen LogP contribution in [0.4, 0.5) is 0 Å². The average Bonchev–Trinajstić information content (AvgIpc) is 2.69. The third-order valence-electron chi connectivity index (χ3n) is 6.05. The van der Waals surface area contributed by atoms with Crippen molar-refractivity contribution in [1.82, 2.24) is 9.80 Å². The molecular formula is C24H34Cl2N2O. The molecule has 29 heavy (non-hydrogen) atoms. The van der Waals surface area contributed by atoms with Crippen LogP contribution in [0.15, 0.2) is 60.7 Å². The maximum atomic E-state index is 6.53. The summed E-state index contributed by atoms with van der Waals surface area (Å²) in [5.74, 6) is 0. The van der Waals surface area contributed by atoms with Gasteiger partial charge in [0.05, 0.1) is 11.7 Å². The molecule has 0 bridgehead atoms. The van der Waals surface area contributed by atoms with Gasteiger partial charge in [-0.1, -0.05) is 60.7 Å². The summed E-state index contributed by atoms with van der Waals surface area (Å²) in [6.45, 7) is 8.84. The van der Waals surface area contributed by atoms with Gasteiger partial charge < -0.3 is 9.64 Å². The molecule has 1 atom stereocenters. The Balaban J connectivity index is 0.00000150. The van der Waals surface area contributed by atoms with E-state index in [-0.39, 0.29) is 30.4 Å². The number of morpholine rings is 1. The van der Waals surface area contributed by atoms with Gasteiger partial charge in [-0.15, -0.1) is 24.8 Å². The second-order valence-corrected chi connectivity index (χ2v) is 8.34. The lowest BCUT2D eigenvalue weighted by molar-refractivity contribution is -0.171. The molecule has 0 saturated carbocycles. The van der Waals surface area contributed by atoms with Crippen LogP contribution in [0.3, 0.4) is 0 Å². The minimum absolute atomic E-state index is 0. The predicted octanol–water partition coefficient (Wildman–Crippen LogP) is 4.83. The quantitative estimate of drug-likeness (QED) is 0.667. The topological polar surface area (TPSA) is 15.7 Å². The second kappa shape index (κ2) is 11.3. The Morgan fingerprint density at radius 3 is 2.07 bits per heavy atom. The summed E-state index contributed by atoms with van der Waals surface area (Å²) < 4.78 is 6.53. The zero-order valence-electron chi connectivity index (χ0n) is 17.3. The molecule has 4 rings (SSSR count). The van der Waals surface area contributed by atoms with Crippen LogP contribution in [-0.2, 0) is 17.7 Å². The number of halogens is 2. The highest BCUT2D eigenvalue weighted by Crippen LogP contribution is 2.33. The Morgan fingerprint density at radius 1 is 0.862 bits per heavy atom. The number of ether oxygens (including phenoxy) is 1. The molecule has 0 radical (unpaired) electrons. The fraction of sp³-hybridized carbons (Fsp3) is 0.500. The van der Waals surface area contributed by atoms with Crippen molar-refractivity contribution in [3.63, 3.8) is 0 Å². The molecule has 2 saturated heterocycles. The molecule has 2 fully saturated rings. The molecule has 0 aromatic heterocycles. The molecule has 2 heterocycles. The molecule has 1 unspecified atom stereocenters. The van der Waals surface area contributed by atoms with Crippen molar-refractivity contribution in [2.75, 3.05) is 32.7 Å². The summed E-state index contributed by atoms with van der Waals surface area (Å²) >= 11 is 0. The highest BCUT2D eigenvalue weighted by molar-refractivity contribution is 5.85. The van der Waals surface area contributed by atoms with Crippen molar-refractivity contribution in [1.29, 1.82) is 0 Å². The first-order valence-electron chi connectivity index (χ1n) is 10.4. The van der Waals surface area contributed by atoms with Crippen LogP contribution in [0, 0.1) is 0 Å². The van der Waals surface area contributed by atoms with E-state index in [2.05, 4.69) is 77.4 Å². The van der Waals surface area contributed by atoms with Crippen molar-refractivity contribution in [2.45, 2.75) is 44.4 Å². The van der Waals surface area contributed by atoms with Crippen LogP contribution in [0.5, 0.6) is 0 Å². The number of piperidine rings is 1. The van der Waals surface area contributed by atoms with Gasteiger partial charge in [0.2, 0.25) is 0 Å². The van der Waals surface area contributed by atoms with E-state index >= 15 is 0 Å². The molecule has 160 valence electrons. The minimum atomic E-state index is 0. The zero-order valence-corrected chi connectivity index (χ0v) is 19.0. The minimum Gasteiger partial charge on any atom is -0.369 e. The van der Waals surface area contributed by atoms with Crippen molar-refractivity contribution in [3.05, 3.63) is 71.8 Å². The van der Waals surface area contributed by atoms with Gasteiger partial charge in [-0.25, -0.2) is 0 Å². The first-order chi connectivity index (χ1) is 13.2. The van der Waals surface area contributed by atoms with Gasteiger partial charge in [0, 0.05) is 39.3 Å². The third-order valence-corrected chi connectivity index (χ3v) is 6.05. The average molecular weight is 437 g/mol. The monoisotopic (exact) mass is 436 g/mol. The number of rotatable bonds is 5. The molecule has 2 aromatic rings. The summed E-state index contributed by atoms with van der Waals surface area (Å²) in [6.07, 6.45) is 3.76. The van der Waals surface area contributed by atoms with Crippen LogP contribution in [0.2, 0.25) is 0 Å². The first-order valence-corrected chi connectivity index (χ1v) is 10.4. The molecule has 2 aliphatic rings. The van der Waals surface area contributed by atoms with Crippen molar-refractivity contribution < 1.29 is 4.74 Å². The van der Waals surface area contributed by atoms with Gasteiger partial charge in [0.1, 0.15) is 0 Å². The number of likely N-dealkylation sites (tertiary alicyclic amines) is 1. The van der Waals surface area contributed by atoms with Gasteiger partial charge >= 0.3 is 0 Å². The standard InChI is InChI=1S/C24H32N2O.2ClH/c1-21-18-26(19-23-10-6-3-7-11-23)20-24(27-21)13-16-25(17-14-24)15-12-22-8-4-2-5-9-22;;/h2-11,21H,12-20H2,1H3;2*1H. The lowest BCUT2D eigenvalue weighted by Crippen LogP contribution is -2.58. The summed E-state index contributed by atoms with van der Waals surface area (Å²) in [7, 11) is 0.